The predicted octanol–water partition coefficient (Wildman–Crippen LogP) is 3.23. The van der Waals surface area contributed by atoms with Gasteiger partial charge in [-0.05, 0) is 62.8 Å². The van der Waals surface area contributed by atoms with E-state index in [1.54, 1.807) is 0 Å². The molecule has 0 radical (unpaired) electrons. The molecule has 1 fully saturated rings. The molecule has 1 aromatic carbocycles. The SMILES string of the molecule is CNC(Cc1ccc(C)c(C)c1)C1CCC1. The van der Waals surface area contributed by atoms with Crippen molar-refractivity contribution in [2.24, 2.45) is 5.92 Å². The van der Waals surface area contributed by atoms with Crippen LogP contribution in [0.3, 0.4) is 0 Å². The van der Waals surface area contributed by atoms with Gasteiger partial charge in [0, 0.05) is 6.04 Å². The van der Waals surface area contributed by atoms with Crippen molar-refractivity contribution in [3.8, 4) is 0 Å². The summed E-state index contributed by atoms with van der Waals surface area (Å²) in [4.78, 5) is 0. The highest BCUT2D eigenvalue weighted by Gasteiger charge is 2.25. The monoisotopic (exact) mass is 217 g/mol. The Balaban J connectivity index is 2.03. The van der Waals surface area contributed by atoms with Crippen LogP contribution in [0, 0.1) is 19.8 Å². The standard InChI is InChI=1S/C15H23N/c1-11-7-8-13(9-12(11)2)10-15(16-3)14-5-4-6-14/h7-9,14-16H,4-6,10H2,1-3H3. The Morgan fingerprint density at radius 2 is 2.00 bits per heavy atom. The summed E-state index contributed by atoms with van der Waals surface area (Å²) in [5.74, 6) is 0.909. The lowest BCUT2D eigenvalue weighted by molar-refractivity contribution is 0.236. The Morgan fingerprint density at radius 3 is 2.50 bits per heavy atom. The molecule has 1 atom stereocenters. The van der Waals surface area contributed by atoms with Gasteiger partial charge in [-0.2, -0.15) is 0 Å². The number of aryl methyl sites for hydroxylation is 2. The summed E-state index contributed by atoms with van der Waals surface area (Å²) < 4.78 is 0. The van der Waals surface area contributed by atoms with Crippen LogP contribution in [0.4, 0.5) is 0 Å². The van der Waals surface area contributed by atoms with E-state index in [1.807, 2.05) is 0 Å². The third-order valence-corrected chi connectivity index (χ3v) is 4.12. The van der Waals surface area contributed by atoms with E-state index in [9.17, 15) is 0 Å². The summed E-state index contributed by atoms with van der Waals surface area (Å²) in [6.07, 6.45) is 5.44. The minimum absolute atomic E-state index is 0.677. The minimum atomic E-state index is 0.677. The summed E-state index contributed by atoms with van der Waals surface area (Å²) in [5.41, 5.74) is 4.30. The molecule has 0 amide bonds. The highest BCUT2D eigenvalue weighted by Crippen LogP contribution is 2.31. The fourth-order valence-corrected chi connectivity index (χ4v) is 2.53. The van der Waals surface area contributed by atoms with Gasteiger partial charge in [0.15, 0.2) is 0 Å². The molecule has 1 unspecified atom stereocenters. The van der Waals surface area contributed by atoms with Gasteiger partial charge in [0.25, 0.3) is 0 Å². The topological polar surface area (TPSA) is 12.0 Å². The first kappa shape index (κ1) is 11.7. The van der Waals surface area contributed by atoms with Crippen molar-refractivity contribution in [1.29, 1.82) is 0 Å². The smallest absolute Gasteiger partial charge is 0.0133 e. The molecule has 1 aliphatic rings. The average molecular weight is 217 g/mol. The predicted molar refractivity (Wildman–Crippen MR) is 69.8 cm³/mol. The van der Waals surface area contributed by atoms with Gasteiger partial charge >= 0.3 is 0 Å². The Labute approximate surface area is 99.3 Å². The quantitative estimate of drug-likeness (QED) is 0.816. The van der Waals surface area contributed by atoms with Crippen LogP contribution in [0.5, 0.6) is 0 Å². The molecule has 0 aromatic heterocycles. The van der Waals surface area contributed by atoms with E-state index in [4.69, 9.17) is 0 Å². The Kier molecular flexibility index (Phi) is 3.65. The lowest BCUT2D eigenvalue weighted by Gasteiger charge is -2.33. The fourth-order valence-electron chi connectivity index (χ4n) is 2.53. The second kappa shape index (κ2) is 5.01. The molecule has 1 nitrogen and oxygen atoms in total. The first-order valence-electron chi connectivity index (χ1n) is 6.44. The summed E-state index contributed by atoms with van der Waals surface area (Å²) in [5, 5.41) is 3.49. The van der Waals surface area contributed by atoms with Crippen molar-refractivity contribution < 1.29 is 0 Å². The maximum absolute atomic E-state index is 3.49. The van der Waals surface area contributed by atoms with Gasteiger partial charge in [0.2, 0.25) is 0 Å². The number of nitrogens with one attached hydrogen (secondary N) is 1. The van der Waals surface area contributed by atoms with Crippen LogP contribution in [-0.4, -0.2) is 13.1 Å². The zero-order valence-corrected chi connectivity index (χ0v) is 10.7. The largest absolute Gasteiger partial charge is 0.316 e. The summed E-state index contributed by atoms with van der Waals surface area (Å²) >= 11 is 0. The lowest BCUT2D eigenvalue weighted by Crippen LogP contribution is -2.39. The maximum atomic E-state index is 3.49. The highest BCUT2D eigenvalue weighted by molar-refractivity contribution is 5.30. The minimum Gasteiger partial charge on any atom is -0.316 e. The number of rotatable bonds is 4. The number of benzene rings is 1. The van der Waals surface area contributed by atoms with E-state index in [0.29, 0.717) is 6.04 Å². The zero-order valence-electron chi connectivity index (χ0n) is 10.7. The van der Waals surface area contributed by atoms with Crippen LogP contribution in [0.1, 0.15) is 36.0 Å². The highest BCUT2D eigenvalue weighted by atomic mass is 14.9. The van der Waals surface area contributed by atoms with Crippen molar-refractivity contribution in [2.45, 2.75) is 45.6 Å². The van der Waals surface area contributed by atoms with Gasteiger partial charge in [0.1, 0.15) is 0 Å². The molecule has 1 saturated carbocycles. The van der Waals surface area contributed by atoms with Crippen LogP contribution < -0.4 is 5.32 Å². The fraction of sp³-hybridized carbons (Fsp3) is 0.600. The van der Waals surface area contributed by atoms with Crippen molar-refractivity contribution in [3.63, 3.8) is 0 Å². The third kappa shape index (κ3) is 2.46. The molecule has 0 saturated heterocycles. The second-order valence-corrected chi connectivity index (χ2v) is 5.21. The molecule has 0 bridgehead atoms. The van der Waals surface area contributed by atoms with Crippen LogP contribution in [-0.2, 0) is 6.42 Å². The molecule has 1 N–H and O–H groups in total. The van der Waals surface area contributed by atoms with Crippen molar-refractivity contribution in [1.82, 2.24) is 5.32 Å². The molecular formula is C15H23N. The molecule has 88 valence electrons. The normalized spacial score (nSPS) is 18.2. The molecule has 1 aliphatic carbocycles. The van der Waals surface area contributed by atoms with Crippen LogP contribution in [0.25, 0.3) is 0 Å². The van der Waals surface area contributed by atoms with Gasteiger partial charge in [0.05, 0.1) is 0 Å². The van der Waals surface area contributed by atoms with E-state index in [-0.39, 0.29) is 0 Å². The number of hydrogen-bond donors (Lipinski definition) is 1. The molecule has 0 heterocycles. The van der Waals surface area contributed by atoms with Gasteiger partial charge in [-0.3, -0.25) is 0 Å². The Hall–Kier alpha value is -0.820. The third-order valence-electron chi connectivity index (χ3n) is 4.12. The summed E-state index contributed by atoms with van der Waals surface area (Å²) in [6.45, 7) is 4.39. The van der Waals surface area contributed by atoms with Gasteiger partial charge in [-0.1, -0.05) is 24.6 Å². The lowest BCUT2D eigenvalue weighted by atomic mass is 9.77. The van der Waals surface area contributed by atoms with Gasteiger partial charge in [-0.15, -0.1) is 0 Å². The average Bonchev–Trinajstić information content (AvgIpc) is 2.20. The molecule has 1 heteroatoms. The molecule has 0 spiro atoms. The Morgan fingerprint density at radius 1 is 1.25 bits per heavy atom. The van der Waals surface area contributed by atoms with E-state index in [0.717, 1.165) is 5.92 Å². The van der Waals surface area contributed by atoms with Crippen LogP contribution in [0.15, 0.2) is 18.2 Å². The van der Waals surface area contributed by atoms with Crippen molar-refractivity contribution >= 4 is 0 Å². The van der Waals surface area contributed by atoms with Crippen LogP contribution >= 0.6 is 0 Å². The van der Waals surface area contributed by atoms with Crippen molar-refractivity contribution in [3.05, 3.63) is 34.9 Å². The Bertz CT molecular complexity index is 352. The maximum Gasteiger partial charge on any atom is 0.0133 e. The summed E-state index contributed by atoms with van der Waals surface area (Å²) in [7, 11) is 2.10. The second-order valence-electron chi connectivity index (χ2n) is 5.21. The van der Waals surface area contributed by atoms with E-state index < -0.39 is 0 Å². The van der Waals surface area contributed by atoms with E-state index >= 15 is 0 Å². The molecule has 1 aromatic rings. The van der Waals surface area contributed by atoms with E-state index in [1.165, 1.54) is 42.4 Å². The first-order chi connectivity index (χ1) is 7.70. The van der Waals surface area contributed by atoms with Crippen molar-refractivity contribution in [2.75, 3.05) is 7.05 Å². The molecular weight excluding hydrogens is 194 g/mol. The molecule has 16 heavy (non-hydrogen) atoms. The van der Waals surface area contributed by atoms with Gasteiger partial charge in [-0.25, -0.2) is 0 Å². The summed E-state index contributed by atoms with van der Waals surface area (Å²) in [6, 6.07) is 7.55. The van der Waals surface area contributed by atoms with Gasteiger partial charge < -0.3 is 5.32 Å². The zero-order chi connectivity index (χ0) is 11.5. The van der Waals surface area contributed by atoms with E-state index in [2.05, 4.69) is 44.4 Å². The first-order valence-corrected chi connectivity index (χ1v) is 6.44. The molecule has 0 aliphatic heterocycles. The van der Waals surface area contributed by atoms with Crippen LogP contribution in [0.2, 0.25) is 0 Å². The number of likely N-dealkylation sites (N-methyl/N-ethyl adjacent to an activating group) is 1. The number of hydrogen-bond acceptors (Lipinski definition) is 1. The molecule has 2 rings (SSSR count).